The number of carbonyl (C=O) groups is 1. The van der Waals surface area contributed by atoms with Crippen LogP contribution in [0.25, 0.3) is 10.9 Å². The third kappa shape index (κ3) is 8.29. The van der Waals surface area contributed by atoms with Crippen molar-refractivity contribution in [2.45, 2.75) is 52.0 Å². The Morgan fingerprint density at radius 2 is 2.03 bits per heavy atom. The van der Waals surface area contributed by atoms with Crippen molar-refractivity contribution < 1.29 is 9.53 Å². The summed E-state index contributed by atoms with van der Waals surface area (Å²) in [6.45, 7) is 8.60. The van der Waals surface area contributed by atoms with Gasteiger partial charge in [0.15, 0.2) is 5.82 Å². The maximum Gasteiger partial charge on any atom is 0.220 e. The van der Waals surface area contributed by atoms with Gasteiger partial charge in [0.2, 0.25) is 5.91 Å². The second-order valence-corrected chi connectivity index (χ2v) is 8.88. The number of carbonyl (C=O) groups excluding carboxylic acids is 1. The summed E-state index contributed by atoms with van der Waals surface area (Å²) in [4.78, 5) is 23.8. The Morgan fingerprint density at radius 3 is 2.76 bits per heavy atom. The van der Waals surface area contributed by atoms with E-state index in [-0.39, 0.29) is 5.91 Å². The number of likely N-dealkylation sites (N-methyl/N-ethyl adjacent to an activating group) is 1. The first kappa shape index (κ1) is 26.5. The Labute approximate surface area is 198 Å². The predicted molar refractivity (Wildman–Crippen MR) is 139 cm³/mol. The van der Waals surface area contributed by atoms with E-state index in [1.54, 1.807) is 6.21 Å². The van der Waals surface area contributed by atoms with Gasteiger partial charge in [-0.25, -0.2) is 4.98 Å². The Hall–Kier alpha value is -2.71. The number of para-hydroxylation sites is 1. The number of aliphatic imine (C=N–C) groups is 1. The van der Waals surface area contributed by atoms with Gasteiger partial charge in [0.25, 0.3) is 0 Å². The number of anilines is 2. The minimum atomic E-state index is -0.442. The summed E-state index contributed by atoms with van der Waals surface area (Å²) in [7, 11) is 3.94. The Balaban J connectivity index is 2.20. The van der Waals surface area contributed by atoms with Gasteiger partial charge in [0.1, 0.15) is 5.69 Å². The van der Waals surface area contributed by atoms with Crippen molar-refractivity contribution in [3.8, 4) is 0 Å². The van der Waals surface area contributed by atoms with Crippen LogP contribution in [0.4, 0.5) is 17.2 Å². The molecule has 0 aliphatic carbocycles. The first-order chi connectivity index (χ1) is 15.8. The highest BCUT2D eigenvalue weighted by Crippen LogP contribution is 2.39. The van der Waals surface area contributed by atoms with Gasteiger partial charge >= 0.3 is 0 Å². The second-order valence-electron chi connectivity index (χ2n) is 8.88. The fourth-order valence-corrected chi connectivity index (χ4v) is 3.93. The first-order valence-corrected chi connectivity index (χ1v) is 11.7. The number of hydrogen-bond acceptors (Lipinski definition) is 7. The van der Waals surface area contributed by atoms with E-state index in [1.165, 1.54) is 0 Å². The maximum atomic E-state index is 12.5. The molecule has 33 heavy (non-hydrogen) atoms. The molecule has 1 heterocycles. The first-order valence-electron chi connectivity index (χ1n) is 11.7. The molecule has 0 unspecified atom stereocenters. The minimum absolute atomic E-state index is 0.0758. The van der Waals surface area contributed by atoms with Gasteiger partial charge in [0, 0.05) is 38.2 Å². The lowest BCUT2D eigenvalue weighted by atomic mass is 10.0. The molecule has 0 saturated heterocycles. The Kier molecular flexibility index (Phi) is 10.5. The number of nitrogens with zero attached hydrogens (tertiary/aromatic N) is 3. The van der Waals surface area contributed by atoms with Gasteiger partial charge in [-0.05, 0) is 53.3 Å². The van der Waals surface area contributed by atoms with E-state index in [4.69, 9.17) is 10.5 Å². The molecule has 182 valence electrons. The number of ether oxygens (including phenoxy) is 1. The van der Waals surface area contributed by atoms with E-state index in [0.717, 1.165) is 42.4 Å². The molecule has 4 N–H and O–H groups in total. The van der Waals surface area contributed by atoms with E-state index in [1.807, 2.05) is 59.1 Å². The standard InChI is InChI=1S/C25H40N6O2/c1-6-33-17-16-28-22-23(19-12-9-10-13-20(19)29-24(22)26)31(5)18-25(2,3)30-21(32)14-8-7-11-15-27-4/h9-10,12-13,16,27H,6-8,11,14-15,17-18H2,1-5H3,(H2,26,29)(H,30,32). The fourth-order valence-electron chi connectivity index (χ4n) is 3.93. The van der Waals surface area contributed by atoms with Crippen molar-refractivity contribution in [1.82, 2.24) is 15.6 Å². The number of nitrogen functional groups attached to an aromatic ring is 1. The van der Waals surface area contributed by atoms with E-state index < -0.39 is 5.54 Å². The van der Waals surface area contributed by atoms with Crippen molar-refractivity contribution in [2.24, 2.45) is 4.99 Å². The van der Waals surface area contributed by atoms with Crippen molar-refractivity contribution in [2.75, 3.05) is 51.0 Å². The van der Waals surface area contributed by atoms with Gasteiger partial charge < -0.3 is 26.0 Å². The maximum absolute atomic E-state index is 12.5. The number of unbranched alkanes of at least 4 members (excludes halogenated alkanes) is 2. The van der Waals surface area contributed by atoms with Crippen LogP contribution in [0.3, 0.4) is 0 Å². The zero-order chi connectivity index (χ0) is 24.3. The van der Waals surface area contributed by atoms with Crippen molar-refractivity contribution >= 4 is 40.2 Å². The van der Waals surface area contributed by atoms with Crippen LogP contribution in [0.1, 0.15) is 46.5 Å². The number of pyridine rings is 1. The SMILES string of the molecule is CCOCC=Nc1c(N)nc2ccccc2c1N(C)CC(C)(C)NC(=O)CCCCCNC. The third-order valence-electron chi connectivity index (χ3n) is 5.31. The number of benzene rings is 1. The highest BCUT2D eigenvalue weighted by molar-refractivity contribution is 6.01. The van der Waals surface area contributed by atoms with Crippen LogP contribution < -0.4 is 21.3 Å². The summed E-state index contributed by atoms with van der Waals surface area (Å²) in [5, 5.41) is 7.29. The topological polar surface area (TPSA) is 105 Å². The average Bonchev–Trinajstić information content (AvgIpc) is 2.75. The van der Waals surface area contributed by atoms with Gasteiger partial charge in [-0.1, -0.05) is 24.6 Å². The lowest BCUT2D eigenvalue weighted by molar-refractivity contribution is -0.122. The third-order valence-corrected chi connectivity index (χ3v) is 5.31. The summed E-state index contributed by atoms with van der Waals surface area (Å²) in [6, 6.07) is 7.88. The number of amides is 1. The smallest absolute Gasteiger partial charge is 0.220 e. The van der Waals surface area contributed by atoms with Crippen LogP contribution in [0.2, 0.25) is 0 Å². The normalized spacial score (nSPS) is 11.9. The quantitative estimate of drug-likeness (QED) is 0.296. The number of nitrogens with one attached hydrogen (secondary N) is 2. The van der Waals surface area contributed by atoms with Crippen molar-refractivity contribution in [3.63, 3.8) is 0 Å². The summed E-state index contributed by atoms with van der Waals surface area (Å²) in [6.07, 6.45) is 5.27. The molecule has 1 aromatic carbocycles. The van der Waals surface area contributed by atoms with E-state index in [9.17, 15) is 4.79 Å². The number of fused-ring (bicyclic) bond motifs is 1. The van der Waals surface area contributed by atoms with Crippen LogP contribution in [0, 0.1) is 0 Å². The molecule has 8 heteroatoms. The minimum Gasteiger partial charge on any atom is -0.382 e. The number of aromatic nitrogens is 1. The Morgan fingerprint density at radius 1 is 1.27 bits per heavy atom. The van der Waals surface area contributed by atoms with Crippen molar-refractivity contribution in [3.05, 3.63) is 24.3 Å². The van der Waals surface area contributed by atoms with Crippen LogP contribution in [0.5, 0.6) is 0 Å². The second kappa shape index (κ2) is 13.1. The molecule has 1 aromatic heterocycles. The molecule has 1 amide bonds. The molecular weight excluding hydrogens is 416 g/mol. The lowest BCUT2D eigenvalue weighted by Gasteiger charge is -2.33. The van der Waals surface area contributed by atoms with Gasteiger partial charge in [-0.2, -0.15) is 0 Å². The van der Waals surface area contributed by atoms with E-state index in [0.29, 0.717) is 37.7 Å². The lowest BCUT2D eigenvalue weighted by Crippen LogP contribution is -2.50. The highest BCUT2D eigenvalue weighted by Gasteiger charge is 2.25. The molecule has 2 aromatic rings. The Bertz CT molecular complexity index is 928. The molecule has 2 rings (SSSR count). The molecule has 0 aliphatic rings. The van der Waals surface area contributed by atoms with Crippen LogP contribution in [-0.4, -0.2) is 63.0 Å². The van der Waals surface area contributed by atoms with Gasteiger partial charge in [-0.3, -0.25) is 9.79 Å². The zero-order valence-electron chi connectivity index (χ0n) is 20.8. The summed E-state index contributed by atoms with van der Waals surface area (Å²) in [5.74, 6) is 0.443. The molecule has 8 nitrogen and oxygen atoms in total. The van der Waals surface area contributed by atoms with Crippen molar-refractivity contribution in [1.29, 1.82) is 0 Å². The molecule has 0 spiro atoms. The predicted octanol–water partition coefficient (Wildman–Crippen LogP) is 3.67. The molecule has 0 aliphatic heterocycles. The van der Waals surface area contributed by atoms with Gasteiger partial charge in [0.05, 0.1) is 23.3 Å². The zero-order valence-corrected chi connectivity index (χ0v) is 20.8. The molecule has 0 radical (unpaired) electrons. The number of nitrogens with two attached hydrogens (primary N) is 1. The highest BCUT2D eigenvalue weighted by atomic mass is 16.5. The summed E-state index contributed by atoms with van der Waals surface area (Å²) < 4.78 is 5.39. The molecule has 0 saturated carbocycles. The van der Waals surface area contributed by atoms with Crippen LogP contribution in [-0.2, 0) is 9.53 Å². The van der Waals surface area contributed by atoms with Gasteiger partial charge in [-0.15, -0.1) is 0 Å². The molecule has 0 fully saturated rings. The molecule has 0 bridgehead atoms. The van der Waals surface area contributed by atoms with Crippen LogP contribution >= 0.6 is 0 Å². The summed E-state index contributed by atoms with van der Waals surface area (Å²) in [5.41, 5.74) is 8.18. The molecular formula is C25H40N6O2. The summed E-state index contributed by atoms with van der Waals surface area (Å²) >= 11 is 0. The van der Waals surface area contributed by atoms with E-state index in [2.05, 4.69) is 25.5 Å². The molecule has 0 atom stereocenters. The number of hydrogen-bond donors (Lipinski definition) is 3. The average molecular weight is 457 g/mol. The monoisotopic (exact) mass is 456 g/mol. The largest absolute Gasteiger partial charge is 0.382 e. The van der Waals surface area contributed by atoms with Crippen LogP contribution in [0.15, 0.2) is 29.3 Å². The van der Waals surface area contributed by atoms with E-state index >= 15 is 0 Å². The number of rotatable bonds is 14. The fraction of sp³-hybridized carbons (Fsp3) is 0.560.